The highest BCUT2D eigenvalue weighted by molar-refractivity contribution is 5.67. The van der Waals surface area contributed by atoms with Crippen LogP contribution in [0.25, 0.3) is 0 Å². The molecule has 0 atom stereocenters. The highest BCUT2D eigenvalue weighted by Crippen LogP contribution is 2.16. The number of aliphatic carboxylic acids is 4. The zero-order valence-electron chi connectivity index (χ0n) is 46.2. The smallest absolute Gasteiger partial charge is 0.303 e. The van der Waals surface area contributed by atoms with Crippen molar-refractivity contribution in [3.8, 4) is 0 Å². The Morgan fingerprint density at radius 1 is 0.176 bits per heavy atom. The quantitative estimate of drug-likeness (QED) is 0.0440. The lowest BCUT2D eigenvalue weighted by atomic mass is 10.0. The lowest BCUT2D eigenvalue weighted by molar-refractivity contribution is -0.138. The molecular formula is C60H120O8. The second kappa shape index (κ2) is 69.1. The second-order valence-electron chi connectivity index (χ2n) is 20.1. The van der Waals surface area contributed by atoms with Crippen molar-refractivity contribution in [1.29, 1.82) is 0 Å². The molecule has 0 saturated heterocycles. The first kappa shape index (κ1) is 72.4. The van der Waals surface area contributed by atoms with Gasteiger partial charge in [0.25, 0.3) is 0 Å². The number of carboxylic acids is 4. The van der Waals surface area contributed by atoms with E-state index < -0.39 is 23.9 Å². The third-order valence-electron chi connectivity index (χ3n) is 13.0. The Bertz CT molecular complexity index is 893. The zero-order chi connectivity index (χ0) is 51.1. The first-order valence-corrected chi connectivity index (χ1v) is 30.0. The molecule has 0 aromatic heterocycles. The van der Waals surface area contributed by atoms with Gasteiger partial charge < -0.3 is 20.4 Å². The highest BCUT2D eigenvalue weighted by atomic mass is 16.4. The maximum Gasteiger partial charge on any atom is 0.303 e. The normalized spacial score (nSPS) is 10.6. The predicted octanol–water partition coefficient (Wildman–Crippen LogP) is 20.6. The molecule has 0 aliphatic carbocycles. The van der Waals surface area contributed by atoms with Gasteiger partial charge in [0.1, 0.15) is 0 Å². The van der Waals surface area contributed by atoms with Gasteiger partial charge in [0.15, 0.2) is 0 Å². The first-order valence-electron chi connectivity index (χ1n) is 30.0. The van der Waals surface area contributed by atoms with E-state index >= 15 is 0 Å². The summed E-state index contributed by atoms with van der Waals surface area (Å²) in [5.74, 6) is -2.62. The minimum atomic E-state index is -0.657. The molecule has 0 aromatic rings. The average molecular weight is 970 g/mol. The van der Waals surface area contributed by atoms with E-state index in [2.05, 4.69) is 27.7 Å². The Balaban J connectivity index is -0.000000402. The molecule has 0 unspecified atom stereocenters. The van der Waals surface area contributed by atoms with Crippen LogP contribution in [0.4, 0.5) is 0 Å². The molecule has 0 spiro atoms. The summed E-state index contributed by atoms with van der Waals surface area (Å²) in [6.45, 7) is 9.02. The third-order valence-corrected chi connectivity index (χ3v) is 13.0. The van der Waals surface area contributed by atoms with Crippen LogP contribution in [0, 0.1) is 0 Å². The van der Waals surface area contributed by atoms with Crippen LogP contribution >= 0.6 is 0 Å². The monoisotopic (exact) mass is 969 g/mol. The lowest BCUT2D eigenvalue weighted by Gasteiger charge is -2.02. The Kier molecular flexibility index (Phi) is 73.6. The first-order chi connectivity index (χ1) is 33.1. The van der Waals surface area contributed by atoms with E-state index in [1.807, 2.05) is 0 Å². The van der Waals surface area contributed by atoms with Crippen molar-refractivity contribution in [2.75, 3.05) is 0 Å². The van der Waals surface area contributed by atoms with Crippen LogP contribution < -0.4 is 0 Å². The van der Waals surface area contributed by atoms with Gasteiger partial charge in [0.05, 0.1) is 0 Å². The zero-order valence-corrected chi connectivity index (χ0v) is 46.2. The van der Waals surface area contributed by atoms with Crippen LogP contribution in [0.2, 0.25) is 0 Å². The van der Waals surface area contributed by atoms with Crippen molar-refractivity contribution < 1.29 is 39.6 Å². The number of rotatable bonds is 52. The number of unbranched alkanes of at least 4 members (excludes halogenated alkanes) is 44. The van der Waals surface area contributed by atoms with E-state index in [1.165, 1.54) is 257 Å². The number of carboxylic acid groups (broad SMARTS) is 4. The topological polar surface area (TPSA) is 149 Å². The van der Waals surface area contributed by atoms with Crippen molar-refractivity contribution >= 4 is 23.9 Å². The molecule has 0 amide bonds. The van der Waals surface area contributed by atoms with Crippen molar-refractivity contribution in [3.05, 3.63) is 0 Å². The van der Waals surface area contributed by atoms with Gasteiger partial charge in [-0.15, -0.1) is 0 Å². The maximum atomic E-state index is 10.3. The summed E-state index contributed by atoms with van der Waals surface area (Å²) >= 11 is 0. The van der Waals surface area contributed by atoms with Gasteiger partial charge in [-0.1, -0.05) is 310 Å². The van der Waals surface area contributed by atoms with Crippen LogP contribution in [0.5, 0.6) is 0 Å². The van der Waals surface area contributed by atoms with E-state index in [1.54, 1.807) is 0 Å². The number of carbonyl (C=O) groups is 4. The predicted molar refractivity (Wildman–Crippen MR) is 293 cm³/mol. The minimum absolute atomic E-state index is 0.344. The van der Waals surface area contributed by atoms with Gasteiger partial charge in [-0.3, -0.25) is 19.2 Å². The molecule has 0 rings (SSSR count). The molecule has 0 fully saturated rings. The molecule has 0 bridgehead atoms. The summed E-state index contributed by atoms with van der Waals surface area (Å²) in [7, 11) is 0. The van der Waals surface area contributed by atoms with Crippen LogP contribution in [0.3, 0.4) is 0 Å². The number of hydrogen-bond acceptors (Lipinski definition) is 4. The van der Waals surface area contributed by atoms with Crippen molar-refractivity contribution in [2.24, 2.45) is 0 Å². The van der Waals surface area contributed by atoms with Crippen LogP contribution in [-0.2, 0) is 19.2 Å². The van der Waals surface area contributed by atoms with E-state index in [0.717, 1.165) is 51.4 Å². The summed E-state index contributed by atoms with van der Waals surface area (Å²) < 4.78 is 0. The molecule has 0 saturated carbocycles. The molecule has 0 radical (unpaired) electrons. The third kappa shape index (κ3) is 87.0. The molecule has 0 heterocycles. The molecule has 0 aliphatic heterocycles. The van der Waals surface area contributed by atoms with E-state index in [0.29, 0.717) is 25.7 Å². The molecule has 8 heteroatoms. The molecule has 0 aromatic carbocycles. The fraction of sp³-hybridized carbons (Fsp3) is 0.933. The molecular weight excluding hydrogens is 849 g/mol. The van der Waals surface area contributed by atoms with Gasteiger partial charge in [0, 0.05) is 25.7 Å². The van der Waals surface area contributed by atoms with Crippen LogP contribution in [0.1, 0.15) is 362 Å². The summed E-state index contributed by atoms with van der Waals surface area (Å²) in [6, 6.07) is 0. The average Bonchev–Trinajstić information content (AvgIpc) is 3.30. The van der Waals surface area contributed by atoms with Gasteiger partial charge in [-0.25, -0.2) is 0 Å². The SMILES string of the molecule is CCCCCCCCCCCCCC(=O)O.CCCCCCCCCCCCCC(=O)O.CCCCCCCCCCCCCCCC(=O)O.CCCCCCCCCCCCCCCC(=O)O. The Morgan fingerprint density at radius 3 is 0.353 bits per heavy atom. The molecule has 408 valence electrons. The summed E-state index contributed by atoms with van der Waals surface area (Å²) in [4.78, 5) is 41.1. The molecule has 0 aliphatic rings. The van der Waals surface area contributed by atoms with Crippen molar-refractivity contribution in [1.82, 2.24) is 0 Å². The Hall–Kier alpha value is -2.12. The highest BCUT2D eigenvalue weighted by Gasteiger charge is 2.00. The van der Waals surface area contributed by atoms with Gasteiger partial charge >= 0.3 is 23.9 Å². The van der Waals surface area contributed by atoms with Crippen LogP contribution in [0.15, 0.2) is 0 Å². The summed E-state index contributed by atoms with van der Waals surface area (Å²) in [5.41, 5.74) is 0. The van der Waals surface area contributed by atoms with E-state index in [9.17, 15) is 19.2 Å². The van der Waals surface area contributed by atoms with Crippen LogP contribution in [-0.4, -0.2) is 44.3 Å². The molecule has 8 nitrogen and oxygen atoms in total. The molecule has 4 N–H and O–H groups in total. The lowest BCUT2D eigenvalue weighted by Crippen LogP contribution is -1.93. The van der Waals surface area contributed by atoms with E-state index in [4.69, 9.17) is 20.4 Å². The fourth-order valence-corrected chi connectivity index (χ4v) is 8.47. The van der Waals surface area contributed by atoms with Crippen molar-refractivity contribution in [2.45, 2.75) is 362 Å². The van der Waals surface area contributed by atoms with Gasteiger partial charge in [0.2, 0.25) is 0 Å². The van der Waals surface area contributed by atoms with Gasteiger partial charge in [-0.05, 0) is 25.7 Å². The largest absolute Gasteiger partial charge is 0.481 e. The van der Waals surface area contributed by atoms with E-state index in [-0.39, 0.29) is 0 Å². The summed E-state index contributed by atoms with van der Waals surface area (Å²) in [6.07, 6.45) is 63.3. The van der Waals surface area contributed by atoms with Gasteiger partial charge in [-0.2, -0.15) is 0 Å². The molecule has 68 heavy (non-hydrogen) atoms. The fourth-order valence-electron chi connectivity index (χ4n) is 8.47. The maximum absolute atomic E-state index is 10.3. The Labute approximate surface area is 423 Å². The minimum Gasteiger partial charge on any atom is -0.481 e. The number of hydrogen-bond donors (Lipinski definition) is 4. The summed E-state index contributed by atoms with van der Waals surface area (Å²) in [5, 5.41) is 33.9. The van der Waals surface area contributed by atoms with Crippen molar-refractivity contribution in [3.63, 3.8) is 0 Å². The Morgan fingerprint density at radius 2 is 0.265 bits per heavy atom. The second-order valence-corrected chi connectivity index (χ2v) is 20.1. The standard InChI is InChI=1S/2C16H32O2.2C14H28O2/c2*1-2-3-4-5-6-7-8-9-10-11-12-13-14-15-16(17)18;2*1-2-3-4-5-6-7-8-9-10-11-12-13-14(15)16/h2*2-15H2,1H3,(H,17,18);2*2-13H2,1H3,(H,15,16).